The van der Waals surface area contributed by atoms with Crippen molar-refractivity contribution in [2.75, 3.05) is 18.1 Å². The van der Waals surface area contributed by atoms with Crippen molar-refractivity contribution in [1.82, 2.24) is 9.55 Å². The highest BCUT2D eigenvalue weighted by Gasteiger charge is 2.34. The zero-order valence-electron chi connectivity index (χ0n) is 18.6. The van der Waals surface area contributed by atoms with Crippen molar-refractivity contribution in [3.63, 3.8) is 0 Å². The Balaban J connectivity index is 1.34. The predicted octanol–water partition coefficient (Wildman–Crippen LogP) is 5.99. The summed E-state index contributed by atoms with van der Waals surface area (Å²) < 4.78 is 8.19. The molecule has 0 radical (unpaired) electrons. The molecule has 168 valence electrons. The first-order chi connectivity index (χ1) is 16.1. The van der Waals surface area contributed by atoms with Crippen molar-refractivity contribution in [3.8, 4) is 5.75 Å². The lowest BCUT2D eigenvalue weighted by Crippen LogP contribution is -2.24. The Morgan fingerprint density at radius 3 is 2.70 bits per heavy atom. The molecule has 1 fully saturated rings. The maximum atomic E-state index is 12.9. The van der Waals surface area contributed by atoms with Gasteiger partial charge in [-0.3, -0.25) is 4.79 Å². The Morgan fingerprint density at radius 1 is 1.06 bits per heavy atom. The number of carbonyl (C=O) groups is 1. The number of rotatable bonds is 7. The van der Waals surface area contributed by atoms with Gasteiger partial charge in [-0.15, -0.1) is 0 Å². The van der Waals surface area contributed by atoms with Crippen LogP contribution in [0.15, 0.2) is 72.8 Å². The number of para-hydroxylation sites is 2. The highest BCUT2D eigenvalue weighted by molar-refractivity contribution is 6.30. The topological polar surface area (TPSA) is 47.4 Å². The summed E-state index contributed by atoms with van der Waals surface area (Å²) in [5.74, 6) is 1.98. The van der Waals surface area contributed by atoms with Crippen LogP contribution in [-0.4, -0.2) is 28.6 Å². The first-order valence-electron chi connectivity index (χ1n) is 11.3. The number of halogens is 1. The summed E-state index contributed by atoms with van der Waals surface area (Å²) in [6.07, 6.45) is 1.29. The molecule has 0 unspecified atom stereocenters. The number of hydrogen-bond donors (Lipinski definition) is 0. The molecule has 0 aliphatic carbocycles. The van der Waals surface area contributed by atoms with Crippen molar-refractivity contribution in [1.29, 1.82) is 0 Å². The van der Waals surface area contributed by atoms with Gasteiger partial charge in [0.2, 0.25) is 5.91 Å². The Labute approximate surface area is 198 Å². The van der Waals surface area contributed by atoms with Crippen LogP contribution in [0.5, 0.6) is 5.75 Å². The summed E-state index contributed by atoms with van der Waals surface area (Å²) in [5, 5.41) is 0.629. The molecule has 33 heavy (non-hydrogen) atoms. The quantitative estimate of drug-likeness (QED) is 0.319. The molecule has 1 saturated heterocycles. The van der Waals surface area contributed by atoms with E-state index in [0.717, 1.165) is 41.3 Å². The second-order valence-electron chi connectivity index (χ2n) is 8.51. The smallest absolute Gasteiger partial charge is 0.227 e. The van der Waals surface area contributed by atoms with Crippen LogP contribution in [-0.2, 0) is 11.3 Å². The molecule has 1 atom stereocenters. The minimum Gasteiger partial charge on any atom is -0.494 e. The first-order valence-corrected chi connectivity index (χ1v) is 11.7. The van der Waals surface area contributed by atoms with Crippen molar-refractivity contribution in [2.45, 2.75) is 32.2 Å². The molecule has 0 saturated carbocycles. The average molecular weight is 460 g/mol. The van der Waals surface area contributed by atoms with Crippen LogP contribution in [0.25, 0.3) is 11.0 Å². The van der Waals surface area contributed by atoms with E-state index >= 15 is 0 Å². The third-order valence-electron chi connectivity index (χ3n) is 6.11. The van der Waals surface area contributed by atoms with Crippen molar-refractivity contribution >= 4 is 34.2 Å². The number of amides is 1. The van der Waals surface area contributed by atoms with Crippen molar-refractivity contribution in [3.05, 3.63) is 89.2 Å². The van der Waals surface area contributed by atoms with Gasteiger partial charge in [-0.2, -0.15) is 0 Å². The third-order valence-corrected chi connectivity index (χ3v) is 6.35. The van der Waals surface area contributed by atoms with Gasteiger partial charge >= 0.3 is 0 Å². The molecule has 1 aliphatic heterocycles. The number of ether oxygens (including phenoxy) is 1. The van der Waals surface area contributed by atoms with Gasteiger partial charge < -0.3 is 14.2 Å². The van der Waals surface area contributed by atoms with Gasteiger partial charge in [-0.25, -0.2) is 4.98 Å². The van der Waals surface area contributed by atoms with Gasteiger partial charge in [0.1, 0.15) is 11.6 Å². The molecule has 0 N–H and O–H groups in total. The molecule has 1 aromatic heterocycles. The predicted molar refractivity (Wildman–Crippen MR) is 132 cm³/mol. The Morgan fingerprint density at radius 2 is 1.88 bits per heavy atom. The van der Waals surface area contributed by atoms with E-state index in [4.69, 9.17) is 21.3 Å². The van der Waals surface area contributed by atoms with Gasteiger partial charge in [0, 0.05) is 36.1 Å². The van der Waals surface area contributed by atoms with Crippen LogP contribution in [0, 0.1) is 6.92 Å². The molecular weight excluding hydrogens is 434 g/mol. The normalized spacial score (nSPS) is 16.0. The fraction of sp³-hybridized carbons (Fsp3) is 0.259. The maximum absolute atomic E-state index is 12.9. The van der Waals surface area contributed by atoms with E-state index in [1.807, 2.05) is 59.5 Å². The monoisotopic (exact) mass is 459 g/mol. The summed E-state index contributed by atoms with van der Waals surface area (Å²) in [5.41, 5.74) is 4.11. The fourth-order valence-corrected chi connectivity index (χ4v) is 4.65. The zero-order chi connectivity index (χ0) is 22.8. The molecule has 5 nitrogen and oxygen atoms in total. The number of nitrogens with zero attached hydrogens (tertiary/aromatic N) is 3. The highest BCUT2D eigenvalue weighted by Crippen LogP contribution is 2.34. The second-order valence-corrected chi connectivity index (χ2v) is 8.95. The Bertz CT molecular complexity index is 1280. The van der Waals surface area contributed by atoms with Crippen LogP contribution in [0.1, 0.15) is 30.1 Å². The molecule has 2 heterocycles. The number of imidazole rings is 1. The van der Waals surface area contributed by atoms with Crippen LogP contribution < -0.4 is 9.64 Å². The highest BCUT2D eigenvalue weighted by atomic mass is 35.5. The number of aromatic nitrogens is 2. The lowest BCUT2D eigenvalue weighted by molar-refractivity contribution is -0.117. The number of carbonyl (C=O) groups excluding carboxylic acids is 1. The SMILES string of the molecule is Cc1ccc(OCCCn2c([C@H]3CC(=O)N(c4cccc(Cl)c4)C3)nc3ccccc32)cc1. The van der Waals surface area contributed by atoms with Crippen LogP contribution >= 0.6 is 11.6 Å². The molecule has 4 aromatic rings. The molecule has 1 amide bonds. The van der Waals surface area contributed by atoms with E-state index in [1.54, 1.807) is 0 Å². The molecule has 0 spiro atoms. The summed E-state index contributed by atoms with van der Waals surface area (Å²) in [6.45, 7) is 4.07. The summed E-state index contributed by atoms with van der Waals surface area (Å²) >= 11 is 6.16. The van der Waals surface area contributed by atoms with E-state index < -0.39 is 0 Å². The fourth-order valence-electron chi connectivity index (χ4n) is 4.46. The minimum absolute atomic E-state index is 0.0295. The Hall–Kier alpha value is -3.31. The largest absolute Gasteiger partial charge is 0.494 e. The Kier molecular flexibility index (Phi) is 6.05. The van der Waals surface area contributed by atoms with E-state index in [2.05, 4.69) is 29.7 Å². The van der Waals surface area contributed by atoms with Crippen LogP contribution in [0.2, 0.25) is 5.02 Å². The van der Waals surface area contributed by atoms with Gasteiger partial charge in [0.05, 0.1) is 17.6 Å². The zero-order valence-corrected chi connectivity index (χ0v) is 19.3. The molecule has 5 rings (SSSR count). The number of aryl methyl sites for hydroxylation is 2. The van der Waals surface area contributed by atoms with Gasteiger partial charge in [-0.05, 0) is 55.8 Å². The van der Waals surface area contributed by atoms with Crippen LogP contribution in [0.4, 0.5) is 5.69 Å². The van der Waals surface area contributed by atoms with Crippen molar-refractivity contribution < 1.29 is 9.53 Å². The van der Waals surface area contributed by atoms with Gasteiger partial charge in [0.25, 0.3) is 0 Å². The molecule has 3 aromatic carbocycles. The number of anilines is 1. The summed E-state index contributed by atoms with van der Waals surface area (Å²) in [4.78, 5) is 19.6. The van der Waals surface area contributed by atoms with E-state index in [0.29, 0.717) is 24.6 Å². The standard InChI is InChI=1S/C27H26ClN3O2/c1-19-10-12-23(13-11-19)33-15-5-14-30-25-9-3-2-8-24(25)29-27(30)20-16-26(32)31(18-20)22-7-4-6-21(28)17-22/h2-4,6-13,17,20H,5,14-16,18H2,1H3/t20-/m0/s1. The molecular formula is C27H26ClN3O2. The first kappa shape index (κ1) is 21.5. The van der Waals surface area contributed by atoms with E-state index in [9.17, 15) is 4.79 Å². The number of benzene rings is 3. The van der Waals surface area contributed by atoms with E-state index in [1.165, 1.54) is 5.56 Å². The lowest BCUT2D eigenvalue weighted by Gasteiger charge is -2.18. The maximum Gasteiger partial charge on any atom is 0.227 e. The second kappa shape index (κ2) is 9.28. The van der Waals surface area contributed by atoms with E-state index in [-0.39, 0.29) is 11.8 Å². The van der Waals surface area contributed by atoms with Gasteiger partial charge in [0.15, 0.2) is 0 Å². The van der Waals surface area contributed by atoms with Crippen LogP contribution in [0.3, 0.4) is 0 Å². The minimum atomic E-state index is 0.0295. The number of fused-ring (bicyclic) bond motifs is 1. The molecule has 0 bridgehead atoms. The molecule has 6 heteroatoms. The number of hydrogen-bond acceptors (Lipinski definition) is 3. The molecule has 1 aliphatic rings. The van der Waals surface area contributed by atoms with Crippen molar-refractivity contribution in [2.24, 2.45) is 0 Å². The lowest BCUT2D eigenvalue weighted by atomic mass is 10.1. The third kappa shape index (κ3) is 4.60. The summed E-state index contributed by atoms with van der Waals surface area (Å²) in [6, 6.07) is 23.7. The average Bonchev–Trinajstić information content (AvgIpc) is 3.38. The summed E-state index contributed by atoms with van der Waals surface area (Å²) in [7, 11) is 0. The van der Waals surface area contributed by atoms with Gasteiger partial charge in [-0.1, -0.05) is 47.5 Å².